The molecule has 0 radical (unpaired) electrons. The molecule has 1 aliphatic carbocycles. The van der Waals surface area contributed by atoms with Gasteiger partial charge in [-0.05, 0) is 49.7 Å². The maximum absolute atomic E-state index is 13.4. The number of aromatic hydroxyl groups is 1. The molecule has 0 bridgehead atoms. The number of carbonyl (C=O) groups is 1. The fourth-order valence-corrected chi connectivity index (χ4v) is 6.41. The number of amides is 1. The summed E-state index contributed by atoms with van der Waals surface area (Å²) in [4.78, 5) is 19.9. The summed E-state index contributed by atoms with van der Waals surface area (Å²) in [6.07, 6.45) is 9.39. The van der Waals surface area contributed by atoms with Crippen LogP contribution in [0.25, 0.3) is 0 Å². The summed E-state index contributed by atoms with van der Waals surface area (Å²) in [5.74, 6) is 0.468. The van der Waals surface area contributed by atoms with Gasteiger partial charge in [-0.15, -0.1) is 0 Å². The largest absolute Gasteiger partial charge is 0.503 e. The second kappa shape index (κ2) is 9.42. The molecule has 6 nitrogen and oxygen atoms in total. The average Bonchev–Trinajstić information content (AvgIpc) is 3.53. The lowest BCUT2D eigenvalue weighted by Gasteiger charge is -2.38. The van der Waals surface area contributed by atoms with Crippen molar-refractivity contribution in [3.63, 3.8) is 0 Å². The standard InChI is InChI=1S/C27H35N3O3S/c1-3-18-8-6-9-19(14-18)27(11-4-5-12-27)16-22-28-25(34)24(31)23-26(32)29(2)20(17-30(22)23)15-21-10-7-13-33-21/h6,8-9,14,20-21,31H,3-5,7,10-13,15-17H2,1-2H3/t20-,21+/m0/s1. The lowest BCUT2D eigenvalue weighted by atomic mass is 9.75. The molecule has 2 atom stereocenters. The normalized spacial score (nSPS) is 23.9. The van der Waals surface area contributed by atoms with E-state index in [1.165, 1.54) is 24.0 Å². The number of benzene rings is 1. The third-order valence-corrected chi connectivity index (χ3v) is 8.55. The van der Waals surface area contributed by atoms with E-state index in [0.717, 1.165) is 57.4 Å². The molecule has 3 aliphatic rings. The summed E-state index contributed by atoms with van der Waals surface area (Å²) in [6.45, 7) is 3.59. The zero-order valence-corrected chi connectivity index (χ0v) is 21.1. The van der Waals surface area contributed by atoms with Crippen LogP contribution >= 0.6 is 12.2 Å². The van der Waals surface area contributed by atoms with E-state index >= 15 is 0 Å². The molecule has 3 heterocycles. The third kappa shape index (κ3) is 4.17. The molecule has 1 amide bonds. The van der Waals surface area contributed by atoms with E-state index in [1.54, 1.807) is 4.90 Å². The highest BCUT2D eigenvalue weighted by molar-refractivity contribution is 7.71. The number of hydrogen-bond donors (Lipinski definition) is 1. The number of ether oxygens (including phenoxy) is 1. The van der Waals surface area contributed by atoms with E-state index in [-0.39, 0.29) is 39.6 Å². The summed E-state index contributed by atoms with van der Waals surface area (Å²) in [5.41, 5.74) is 2.97. The topological polar surface area (TPSA) is 67.6 Å². The number of nitrogens with zero attached hydrogens (tertiary/aromatic N) is 3. The van der Waals surface area contributed by atoms with Gasteiger partial charge in [-0.25, -0.2) is 4.98 Å². The molecule has 1 aromatic heterocycles. The van der Waals surface area contributed by atoms with Crippen molar-refractivity contribution in [1.82, 2.24) is 14.5 Å². The van der Waals surface area contributed by atoms with E-state index in [2.05, 4.69) is 31.2 Å². The monoisotopic (exact) mass is 481 g/mol. The first-order valence-electron chi connectivity index (χ1n) is 12.7. The van der Waals surface area contributed by atoms with E-state index in [4.69, 9.17) is 21.9 Å². The highest BCUT2D eigenvalue weighted by Gasteiger charge is 2.40. The van der Waals surface area contributed by atoms with Gasteiger partial charge in [-0.1, -0.05) is 56.2 Å². The van der Waals surface area contributed by atoms with Crippen molar-refractivity contribution in [3.8, 4) is 5.75 Å². The van der Waals surface area contributed by atoms with Crippen molar-refractivity contribution in [1.29, 1.82) is 0 Å². The second-order valence-corrected chi connectivity index (χ2v) is 10.7. The first kappa shape index (κ1) is 23.5. The maximum atomic E-state index is 13.4. The molecule has 182 valence electrons. The molecule has 2 aliphatic heterocycles. The number of fused-ring (bicyclic) bond motifs is 1. The smallest absolute Gasteiger partial charge is 0.274 e. The molecular weight excluding hydrogens is 446 g/mol. The minimum absolute atomic E-state index is 0.00645. The van der Waals surface area contributed by atoms with Crippen molar-refractivity contribution >= 4 is 18.1 Å². The summed E-state index contributed by atoms with van der Waals surface area (Å²) >= 11 is 5.43. The summed E-state index contributed by atoms with van der Waals surface area (Å²) < 4.78 is 7.97. The van der Waals surface area contributed by atoms with E-state index < -0.39 is 0 Å². The molecule has 1 saturated heterocycles. The fraction of sp³-hybridized carbons (Fsp3) is 0.593. The number of aryl methyl sites for hydroxylation is 1. The zero-order valence-electron chi connectivity index (χ0n) is 20.3. The Morgan fingerprint density at radius 3 is 2.76 bits per heavy atom. The predicted molar refractivity (Wildman–Crippen MR) is 134 cm³/mol. The van der Waals surface area contributed by atoms with Crippen LogP contribution < -0.4 is 0 Å². The summed E-state index contributed by atoms with van der Waals surface area (Å²) in [5, 5.41) is 10.8. The third-order valence-electron chi connectivity index (χ3n) is 8.27. The molecule has 34 heavy (non-hydrogen) atoms. The van der Waals surface area contributed by atoms with Crippen LogP contribution in [0.1, 0.15) is 79.3 Å². The molecular formula is C27H35N3O3S. The van der Waals surface area contributed by atoms with Crippen LogP contribution in [0.5, 0.6) is 5.75 Å². The molecule has 5 rings (SSSR count). The lowest BCUT2D eigenvalue weighted by Crippen LogP contribution is -2.48. The Hall–Kier alpha value is -2.25. The van der Waals surface area contributed by atoms with Crippen molar-refractivity contribution < 1.29 is 14.6 Å². The minimum Gasteiger partial charge on any atom is -0.503 e. The van der Waals surface area contributed by atoms with Crippen molar-refractivity contribution in [3.05, 3.63) is 51.6 Å². The quantitative estimate of drug-likeness (QED) is 0.591. The van der Waals surface area contributed by atoms with Crippen LogP contribution in [0, 0.1) is 4.64 Å². The first-order valence-corrected chi connectivity index (χ1v) is 13.1. The van der Waals surface area contributed by atoms with E-state index in [9.17, 15) is 9.90 Å². The highest BCUT2D eigenvalue weighted by atomic mass is 32.1. The van der Waals surface area contributed by atoms with Crippen molar-refractivity contribution in [2.45, 2.75) is 88.8 Å². The Balaban J connectivity index is 1.55. The maximum Gasteiger partial charge on any atom is 0.274 e. The average molecular weight is 482 g/mol. The fourth-order valence-electron chi connectivity index (χ4n) is 6.21. The molecule has 1 N–H and O–H groups in total. The van der Waals surface area contributed by atoms with Gasteiger partial charge in [0.1, 0.15) is 5.82 Å². The van der Waals surface area contributed by atoms with Crippen molar-refractivity contribution in [2.24, 2.45) is 0 Å². The molecule has 0 spiro atoms. The predicted octanol–water partition coefficient (Wildman–Crippen LogP) is 4.96. The number of likely N-dealkylation sites (N-methyl/N-ethyl adjacent to an activating group) is 1. The van der Waals surface area contributed by atoms with Gasteiger partial charge in [0, 0.05) is 32.0 Å². The number of hydrogen-bond acceptors (Lipinski definition) is 5. The van der Waals surface area contributed by atoms with Gasteiger partial charge >= 0.3 is 0 Å². The van der Waals surface area contributed by atoms with Crippen LogP contribution in [0.3, 0.4) is 0 Å². The molecule has 2 aromatic rings. The Labute approximate surface area is 207 Å². The van der Waals surface area contributed by atoms with E-state index in [1.807, 2.05) is 11.6 Å². The second-order valence-electron chi connectivity index (χ2n) is 10.3. The zero-order chi connectivity index (χ0) is 23.9. The van der Waals surface area contributed by atoms with Crippen LogP contribution in [0.15, 0.2) is 24.3 Å². The number of rotatable bonds is 6. The van der Waals surface area contributed by atoms with Gasteiger partial charge in [0.25, 0.3) is 5.91 Å². The number of carbonyl (C=O) groups excluding carboxylic acids is 1. The summed E-state index contributed by atoms with van der Waals surface area (Å²) in [7, 11) is 1.82. The lowest BCUT2D eigenvalue weighted by molar-refractivity contribution is 0.0462. The van der Waals surface area contributed by atoms with Gasteiger partial charge in [0.15, 0.2) is 16.1 Å². The van der Waals surface area contributed by atoms with Crippen LogP contribution in [0.2, 0.25) is 0 Å². The molecule has 7 heteroatoms. The number of aromatic nitrogens is 2. The molecule has 0 unspecified atom stereocenters. The first-order chi connectivity index (χ1) is 16.4. The Morgan fingerprint density at radius 2 is 2.06 bits per heavy atom. The Morgan fingerprint density at radius 1 is 1.26 bits per heavy atom. The Bertz CT molecular complexity index is 1130. The van der Waals surface area contributed by atoms with Crippen LogP contribution in [-0.2, 0) is 29.5 Å². The SMILES string of the molecule is CCc1cccc(C2(Cc3nc(=S)c(O)c4n3C[C@H](C[C@H]3CCCO3)N(C)C4=O)CCCC2)c1. The van der Waals surface area contributed by atoms with Crippen LogP contribution in [0.4, 0.5) is 0 Å². The summed E-state index contributed by atoms with van der Waals surface area (Å²) in [6, 6.07) is 8.95. The minimum atomic E-state index is -0.185. The van der Waals surface area contributed by atoms with Crippen molar-refractivity contribution in [2.75, 3.05) is 13.7 Å². The van der Waals surface area contributed by atoms with Gasteiger partial charge in [-0.2, -0.15) is 0 Å². The highest BCUT2D eigenvalue weighted by Crippen LogP contribution is 2.44. The van der Waals surface area contributed by atoms with Gasteiger partial charge in [-0.3, -0.25) is 4.79 Å². The molecule has 2 fully saturated rings. The van der Waals surface area contributed by atoms with Crippen LogP contribution in [-0.4, -0.2) is 51.3 Å². The molecule has 1 saturated carbocycles. The Kier molecular flexibility index (Phi) is 6.51. The van der Waals surface area contributed by atoms with Gasteiger partial charge in [0.05, 0.1) is 12.1 Å². The van der Waals surface area contributed by atoms with E-state index in [0.29, 0.717) is 6.54 Å². The van der Waals surface area contributed by atoms with Gasteiger partial charge < -0.3 is 19.3 Å². The molecule has 1 aromatic carbocycles. The van der Waals surface area contributed by atoms with Gasteiger partial charge in [0.2, 0.25) is 0 Å².